The molecule has 17 heavy (non-hydrogen) atoms. The van der Waals surface area contributed by atoms with Gasteiger partial charge in [-0.3, -0.25) is 0 Å². The first-order valence-electron chi connectivity index (χ1n) is 6.40. The second-order valence-electron chi connectivity index (χ2n) is 4.78. The summed E-state index contributed by atoms with van der Waals surface area (Å²) in [7, 11) is 0. The number of rotatable bonds is 4. The molecule has 4 heteroatoms. The quantitative estimate of drug-likeness (QED) is 0.762. The van der Waals surface area contributed by atoms with Crippen LogP contribution in [0.25, 0.3) is 0 Å². The molecular formula is C13H24N2O2. The third kappa shape index (κ3) is 3.46. The fourth-order valence-electron chi connectivity index (χ4n) is 2.50. The molecule has 1 heterocycles. The second-order valence-corrected chi connectivity index (χ2v) is 4.78. The van der Waals surface area contributed by atoms with E-state index in [2.05, 4.69) is 20.4 Å². The fourth-order valence-corrected chi connectivity index (χ4v) is 2.50. The minimum absolute atomic E-state index is 0.00379. The van der Waals surface area contributed by atoms with E-state index in [0.717, 1.165) is 12.8 Å². The average Bonchev–Trinajstić information content (AvgIpc) is 2.28. The zero-order valence-electron chi connectivity index (χ0n) is 10.9. The van der Waals surface area contributed by atoms with Crippen molar-refractivity contribution in [2.24, 2.45) is 0 Å². The van der Waals surface area contributed by atoms with E-state index in [4.69, 9.17) is 5.11 Å². The molecule has 1 N–H and O–H groups in total. The van der Waals surface area contributed by atoms with Gasteiger partial charge in [-0.1, -0.05) is 6.08 Å². The Kier molecular flexibility index (Phi) is 5.48. The van der Waals surface area contributed by atoms with Gasteiger partial charge in [-0.2, -0.15) is 0 Å². The van der Waals surface area contributed by atoms with Gasteiger partial charge in [0.25, 0.3) is 0 Å². The van der Waals surface area contributed by atoms with Crippen molar-refractivity contribution in [1.82, 2.24) is 9.80 Å². The normalized spacial score (nSPS) is 24.5. The third-order valence-electron chi connectivity index (χ3n) is 3.40. The molecule has 1 aliphatic rings. The van der Waals surface area contributed by atoms with Crippen molar-refractivity contribution in [2.45, 2.75) is 45.2 Å². The molecule has 4 nitrogen and oxygen atoms in total. The lowest BCUT2D eigenvalue weighted by atomic mass is 9.98. The van der Waals surface area contributed by atoms with E-state index in [-0.39, 0.29) is 24.7 Å². The van der Waals surface area contributed by atoms with E-state index in [1.807, 2.05) is 4.90 Å². The number of nitrogens with zero attached hydrogens (tertiary/aromatic N) is 2. The Balaban J connectivity index is 2.72. The van der Waals surface area contributed by atoms with Gasteiger partial charge in [0.1, 0.15) is 0 Å². The number of likely N-dealkylation sites (tertiary alicyclic amines) is 1. The van der Waals surface area contributed by atoms with Gasteiger partial charge in [0.15, 0.2) is 0 Å². The van der Waals surface area contributed by atoms with Gasteiger partial charge >= 0.3 is 6.03 Å². The van der Waals surface area contributed by atoms with Gasteiger partial charge < -0.3 is 14.9 Å². The van der Waals surface area contributed by atoms with Crippen LogP contribution >= 0.6 is 0 Å². The molecule has 0 aliphatic carbocycles. The van der Waals surface area contributed by atoms with Crippen molar-refractivity contribution < 1.29 is 9.90 Å². The Morgan fingerprint density at radius 1 is 1.47 bits per heavy atom. The van der Waals surface area contributed by atoms with Crippen LogP contribution in [0.5, 0.6) is 0 Å². The molecule has 1 fully saturated rings. The van der Waals surface area contributed by atoms with Crippen molar-refractivity contribution in [2.75, 3.05) is 19.7 Å². The molecule has 0 aromatic rings. The molecule has 0 saturated carbocycles. The number of carbonyl (C=O) groups is 1. The maximum Gasteiger partial charge on any atom is 0.320 e. The van der Waals surface area contributed by atoms with Crippen LogP contribution in [0.15, 0.2) is 12.7 Å². The van der Waals surface area contributed by atoms with Crippen LogP contribution in [0.1, 0.15) is 33.1 Å². The molecule has 0 bridgehead atoms. The van der Waals surface area contributed by atoms with Crippen molar-refractivity contribution >= 4 is 6.03 Å². The maximum atomic E-state index is 12.4. The number of urea groups is 1. The van der Waals surface area contributed by atoms with Crippen molar-refractivity contribution in [3.05, 3.63) is 12.7 Å². The highest BCUT2D eigenvalue weighted by Crippen LogP contribution is 2.23. The lowest BCUT2D eigenvalue weighted by Gasteiger charge is -2.41. The van der Waals surface area contributed by atoms with Gasteiger partial charge in [-0.25, -0.2) is 4.79 Å². The molecule has 1 aliphatic heterocycles. The fraction of sp³-hybridized carbons (Fsp3) is 0.769. The van der Waals surface area contributed by atoms with Crippen LogP contribution in [0.4, 0.5) is 4.79 Å². The number of hydrogen-bond donors (Lipinski definition) is 1. The molecule has 2 amide bonds. The molecule has 1 saturated heterocycles. The highest BCUT2D eigenvalue weighted by atomic mass is 16.3. The van der Waals surface area contributed by atoms with Crippen LogP contribution in [0.2, 0.25) is 0 Å². The van der Waals surface area contributed by atoms with E-state index in [0.29, 0.717) is 13.1 Å². The summed E-state index contributed by atoms with van der Waals surface area (Å²) in [6, 6.07) is 0.605. The van der Waals surface area contributed by atoms with Gasteiger partial charge in [0, 0.05) is 25.2 Å². The number of carbonyl (C=O) groups excluding carboxylic acids is 1. The lowest BCUT2D eigenvalue weighted by molar-refractivity contribution is 0.0897. The average molecular weight is 240 g/mol. The van der Waals surface area contributed by atoms with Crippen LogP contribution in [-0.2, 0) is 0 Å². The largest absolute Gasteiger partial charge is 0.395 e. The Hall–Kier alpha value is -1.03. The zero-order chi connectivity index (χ0) is 12.8. The molecule has 1 rings (SSSR count). The minimum atomic E-state index is -0.00379. The molecule has 0 aromatic heterocycles. The highest BCUT2D eigenvalue weighted by molar-refractivity contribution is 5.75. The van der Waals surface area contributed by atoms with Gasteiger partial charge in [-0.15, -0.1) is 6.58 Å². The number of amides is 2. The summed E-state index contributed by atoms with van der Waals surface area (Å²) >= 11 is 0. The predicted octanol–water partition coefficient (Wildman–Crippen LogP) is 1.85. The van der Waals surface area contributed by atoms with Gasteiger partial charge in [0.2, 0.25) is 0 Å². The first-order chi connectivity index (χ1) is 8.11. The number of piperidine rings is 1. The van der Waals surface area contributed by atoms with Gasteiger partial charge in [0.05, 0.1) is 6.61 Å². The highest BCUT2D eigenvalue weighted by Gasteiger charge is 2.31. The van der Waals surface area contributed by atoms with Crippen molar-refractivity contribution in [3.8, 4) is 0 Å². The molecule has 2 atom stereocenters. The Morgan fingerprint density at radius 3 is 2.53 bits per heavy atom. The predicted molar refractivity (Wildman–Crippen MR) is 68.9 cm³/mol. The molecule has 2 unspecified atom stereocenters. The van der Waals surface area contributed by atoms with Crippen LogP contribution in [-0.4, -0.2) is 52.7 Å². The molecule has 98 valence electrons. The smallest absolute Gasteiger partial charge is 0.320 e. The van der Waals surface area contributed by atoms with E-state index in [1.165, 1.54) is 6.42 Å². The van der Waals surface area contributed by atoms with E-state index >= 15 is 0 Å². The van der Waals surface area contributed by atoms with E-state index in [1.54, 1.807) is 11.0 Å². The summed E-state index contributed by atoms with van der Waals surface area (Å²) in [5.74, 6) is 0. The zero-order valence-corrected chi connectivity index (χ0v) is 10.9. The standard InChI is InChI=1S/C13H24N2O2/c1-4-8-14(9-10-16)13(17)15-11(2)6-5-7-12(15)3/h4,11-12,16H,1,5-10H2,2-3H3. The second kappa shape index (κ2) is 6.64. The summed E-state index contributed by atoms with van der Waals surface area (Å²) < 4.78 is 0. The van der Waals surface area contributed by atoms with Crippen LogP contribution in [0, 0.1) is 0 Å². The van der Waals surface area contributed by atoms with Crippen molar-refractivity contribution in [3.63, 3.8) is 0 Å². The Bertz CT molecular complexity index is 258. The van der Waals surface area contributed by atoms with E-state index in [9.17, 15) is 4.79 Å². The Labute approximate surface area is 104 Å². The molecule has 0 radical (unpaired) electrons. The summed E-state index contributed by atoms with van der Waals surface area (Å²) in [4.78, 5) is 16.0. The maximum absolute atomic E-state index is 12.4. The van der Waals surface area contributed by atoms with E-state index < -0.39 is 0 Å². The Morgan fingerprint density at radius 2 is 2.06 bits per heavy atom. The minimum Gasteiger partial charge on any atom is -0.395 e. The topological polar surface area (TPSA) is 43.8 Å². The lowest BCUT2D eigenvalue weighted by Crippen LogP contribution is -2.53. The summed E-state index contributed by atoms with van der Waals surface area (Å²) in [6.07, 6.45) is 5.02. The van der Waals surface area contributed by atoms with Crippen LogP contribution < -0.4 is 0 Å². The number of aliphatic hydroxyl groups excluding tert-OH is 1. The molecular weight excluding hydrogens is 216 g/mol. The number of aliphatic hydroxyl groups is 1. The first-order valence-corrected chi connectivity index (χ1v) is 6.40. The molecule has 0 aromatic carbocycles. The molecule has 0 spiro atoms. The van der Waals surface area contributed by atoms with Gasteiger partial charge in [-0.05, 0) is 33.1 Å². The third-order valence-corrected chi connectivity index (χ3v) is 3.40. The van der Waals surface area contributed by atoms with Crippen molar-refractivity contribution in [1.29, 1.82) is 0 Å². The monoisotopic (exact) mass is 240 g/mol. The van der Waals surface area contributed by atoms with Crippen LogP contribution in [0.3, 0.4) is 0 Å². The number of hydrogen-bond acceptors (Lipinski definition) is 2. The first kappa shape index (κ1) is 14.0. The summed E-state index contributed by atoms with van der Waals surface area (Å²) in [5.41, 5.74) is 0. The SMILES string of the molecule is C=CCN(CCO)C(=O)N1C(C)CCCC1C. The summed E-state index contributed by atoms with van der Waals surface area (Å²) in [5, 5.41) is 9.00. The summed E-state index contributed by atoms with van der Waals surface area (Å²) in [6.45, 7) is 8.71.